The van der Waals surface area contributed by atoms with E-state index >= 15 is 0 Å². The van der Waals surface area contributed by atoms with Gasteiger partial charge in [-0.1, -0.05) is 0 Å². The molecule has 0 aliphatic rings. The van der Waals surface area contributed by atoms with Gasteiger partial charge in [0.05, 0.1) is 12.0 Å². The van der Waals surface area contributed by atoms with E-state index in [2.05, 4.69) is 9.72 Å². The minimum atomic E-state index is -4.89. The molecule has 1 rings (SSSR count). The molecule has 1 heterocycles. The lowest BCUT2D eigenvalue weighted by Gasteiger charge is -2.10. The van der Waals surface area contributed by atoms with E-state index in [4.69, 9.17) is 0 Å². The molecule has 6 nitrogen and oxygen atoms in total. The first kappa shape index (κ1) is 15.4. The van der Waals surface area contributed by atoms with Crippen molar-refractivity contribution < 1.29 is 31.1 Å². The molecule has 10 heteroatoms. The van der Waals surface area contributed by atoms with E-state index in [1.807, 2.05) is 4.72 Å². The Balaban J connectivity index is 3.55. The third-order valence-electron chi connectivity index (χ3n) is 2.06. The second-order valence-corrected chi connectivity index (χ2v) is 5.16. The molecule has 0 aliphatic carbocycles. The van der Waals surface area contributed by atoms with Crippen LogP contribution in [0.5, 0.6) is 0 Å². The molecule has 0 bridgehead atoms. The van der Waals surface area contributed by atoms with Gasteiger partial charge in [-0.25, -0.2) is 22.9 Å². The average molecular weight is 298 g/mol. The van der Waals surface area contributed by atoms with Gasteiger partial charge in [-0.15, -0.1) is 0 Å². The smallest absolute Gasteiger partial charge is 0.433 e. The zero-order valence-electron chi connectivity index (χ0n) is 9.78. The van der Waals surface area contributed by atoms with E-state index in [0.717, 1.165) is 14.2 Å². The molecule has 1 N–H and O–H groups in total. The molecule has 0 unspecified atom stereocenters. The molecule has 0 aromatic carbocycles. The van der Waals surface area contributed by atoms with E-state index < -0.39 is 38.5 Å². The molecule has 0 amide bonds. The quantitative estimate of drug-likeness (QED) is 0.834. The van der Waals surface area contributed by atoms with Crippen LogP contribution in [0.2, 0.25) is 0 Å². The first-order valence-corrected chi connectivity index (χ1v) is 6.21. The first-order valence-electron chi connectivity index (χ1n) is 4.73. The summed E-state index contributed by atoms with van der Waals surface area (Å²) in [4.78, 5) is 13.5. The molecule has 0 spiro atoms. The number of methoxy groups -OCH3 is 1. The van der Waals surface area contributed by atoms with Gasteiger partial charge in [-0.3, -0.25) is 0 Å². The molecule has 0 saturated heterocycles. The molecule has 0 aliphatic heterocycles. The number of carbonyl (C=O) groups is 1. The summed E-state index contributed by atoms with van der Waals surface area (Å²) in [6, 6.07) is 1.03. The molecule has 1 aromatic rings. The number of aromatic nitrogens is 1. The van der Waals surface area contributed by atoms with Gasteiger partial charge in [0.15, 0.2) is 0 Å². The van der Waals surface area contributed by atoms with Gasteiger partial charge in [0, 0.05) is 0 Å². The first-order chi connectivity index (χ1) is 8.61. The van der Waals surface area contributed by atoms with Crippen LogP contribution in [0.25, 0.3) is 0 Å². The maximum absolute atomic E-state index is 12.6. The highest BCUT2D eigenvalue weighted by Crippen LogP contribution is 2.29. The lowest BCUT2D eigenvalue weighted by Crippen LogP contribution is -2.21. The summed E-state index contributed by atoms with van der Waals surface area (Å²) in [7, 11) is -2.17. The van der Waals surface area contributed by atoms with Crippen LogP contribution in [-0.4, -0.2) is 33.5 Å². The Kier molecular flexibility index (Phi) is 4.15. The van der Waals surface area contributed by atoms with Crippen LogP contribution in [-0.2, 0) is 20.9 Å². The van der Waals surface area contributed by atoms with Crippen molar-refractivity contribution in [3.05, 3.63) is 23.5 Å². The molecule has 0 saturated carbocycles. The molecular weight excluding hydrogens is 289 g/mol. The van der Waals surface area contributed by atoms with Crippen molar-refractivity contribution >= 4 is 16.0 Å². The minimum Gasteiger partial charge on any atom is -0.464 e. The third-order valence-corrected chi connectivity index (χ3v) is 3.46. The summed E-state index contributed by atoms with van der Waals surface area (Å²) < 4.78 is 66.8. The van der Waals surface area contributed by atoms with Crippen LogP contribution < -0.4 is 4.72 Å². The van der Waals surface area contributed by atoms with E-state index in [-0.39, 0.29) is 0 Å². The number of carbonyl (C=O) groups excluding carboxylic acids is 1. The second kappa shape index (κ2) is 5.13. The Labute approximate surface area is 106 Å². The zero-order chi connectivity index (χ0) is 14.8. The van der Waals surface area contributed by atoms with Gasteiger partial charge in [-0.05, 0) is 19.2 Å². The number of alkyl halides is 3. The second-order valence-electron chi connectivity index (χ2n) is 3.27. The van der Waals surface area contributed by atoms with Crippen LogP contribution >= 0.6 is 0 Å². The topological polar surface area (TPSA) is 85.4 Å². The highest BCUT2D eigenvalue weighted by Gasteiger charge is 2.35. The predicted molar refractivity (Wildman–Crippen MR) is 56.8 cm³/mol. The fourth-order valence-electron chi connectivity index (χ4n) is 1.13. The van der Waals surface area contributed by atoms with Crippen molar-refractivity contribution in [2.45, 2.75) is 11.1 Å². The number of ether oxygens (including phenoxy) is 1. The van der Waals surface area contributed by atoms with Gasteiger partial charge >= 0.3 is 12.1 Å². The molecule has 0 radical (unpaired) electrons. The van der Waals surface area contributed by atoms with Gasteiger partial charge in [0.25, 0.3) is 0 Å². The maximum Gasteiger partial charge on any atom is 0.433 e. The fourth-order valence-corrected chi connectivity index (χ4v) is 1.90. The van der Waals surface area contributed by atoms with E-state index in [1.54, 1.807) is 0 Å². The number of hydrogen-bond donors (Lipinski definition) is 1. The Hall–Kier alpha value is -1.68. The van der Waals surface area contributed by atoms with E-state index in [0.29, 0.717) is 12.1 Å². The number of esters is 1. The van der Waals surface area contributed by atoms with Gasteiger partial charge in [0.1, 0.15) is 11.4 Å². The molecule has 19 heavy (non-hydrogen) atoms. The van der Waals surface area contributed by atoms with Gasteiger partial charge in [0.2, 0.25) is 10.0 Å². The fraction of sp³-hybridized carbons (Fsp3) is 0.333. The number of rotatable bonds is 3. The van der Waals surface area contributed by atoms with Gasteiger partial charge < -0.3 is 4.74 Å². The molecule has 1 aromatic heterocycles. The summed E-state index contributed by atoms with van der Waals surface area (Å²) in [5.41, 5.74) is -2.24. The standard InChI is InChI=1S/C9H9F3N2O4S/c1-13-19(16,17)5-3-6(8(15)18-2)14-7(4-5)9(10,11)12/h3-4,13H,1-2H3. The normalized spacial score (nSPS) is 12.3. The van der Waals surface area contributed by atoms with Crippen LogP contribution in [0.15, 0.2) is 17.0 Å². The summed E-state index contributed by atoms with van der Waals surface area (Å²) in [5.74, 6) is -1.17. The van der Waals surface area contributed by atoms with Crippen LogP contribution in [0.1, 0.15) is 16.2 Å². The van der Waals surface area contributed by atoms with Crippen LogP contribution in [0.4, 0.5) is 13.2 Å². The minimum absolute atomic E-state index is 0.332. The predicted octanol–water partition coefficient (Wildman–Crippen LogP) is 0.795. The number of nitrogens with zero attached hydrogens (tertiary/aromatic N) is 1. The molecule has 0 fully saturated rings. The van der Waals surface area contributed by atoms with Crippen LogP contribution in [0.3, 0.4) is 0 Å². The monoisotopic (exact) mass is 298 g/mol. The highest BCUT2D eigenvalue weighted by molar-refractivity contribution is 7.89. The third kappa shape index (κ3) is 3.41. The Bertz CT molecular complexity index is 598. The number of nitrogens with one attached hydrogen (secondary N) is 1. The van der Waals surface area contributed by atoms with E-state index in [9.17, 15) is 26.4 Å². The maximum atomic E-state index is 12.6. The highest BCUT2D eigenvalue weighted by atomic mass is 32.2. The lowest BCUT2D eigenvalue weighted by atomic mass is 10.3. The van der Waals surface area contributed by atoms with Gasteiger partial charge in [-0.2, -0.15) is 13.2 Å². The molecule has 106 valence electrons. The van der Waals surface area contributed by atoms with Crippen LogP contribution in [0, 0.1) is 0 Å². The summed E-state index contributed by atoms with van der Waals surface area (Å²) >= 11 is 0. The largest absolute Gasteiger partial charge is 0.464 e. The molecular formula is C9H9F3N2O4S. The van der Waals surface area contributed by atoms with E-state index in [1.165, 1.54) is 0 Å². The van der Waals surface area contributed by atoms with Crippen molar-refractivity contribution in [3.8, 4) is 0 Å². The zero-order valence-corrected chi connectivity index (χ0v) is 10.6. The molecule has 0 atom stereocenters. The average Bonchev–Trinajstić information content (AvgIpc) is 2.36. The Morgan fingerprint density at radius 2 is 1.95 bits per heavy atom. The van der Waals surface area contributed by atoms with Crippen molar-refractivity contribution in [3.63, 3.8) is 0 Å². The lowest BCUT2D eigenvalue weighted by molar-refractivity contribution is -0.141. The summed E-state index contributed by atoms with van der Waals surface area (Å²) in [6.45, 7) is 0. The number of hydrogen-bond acceptors (Lipinski definition) is 5. The summed E-state index contributed by atoms with van der Waals surface area (Å²) in [6.07, 6.45) is -4.89. The number of pyridine rings is 1. The van der Waals surface area contributed by atoms with Crippen molar-refractivity contribution in [2.75, 3.05) is 14.2 Å². The van der Waals surface area contributed by atoms with Crippen molar-refractivity contribution in [1.29, 1.82) is 0 Å². The van der Waals surface area contributed by atoms with Crippen molar-refractivity contribution in [2.24, 2.45) is 0 Å². The summed E-state index contributed by atoms with van der Waals surface area (Å²) in [5, 5.41) is 0. The van der Waals surface area contributed by atoms with Crippen molar-refractivity contribution in [1.82, 2.24) is 9.71 Å². The SMILES string of the molecule is CNS(=O)(=O)c1cc(C(=O)OC)nc(C(F)(F)F)c1. The Morgan fingerprint density at radius 3 is 2.37 bits per heavy atom. The number of sulfonamides is 1. The Morgan fingerprint density at radius 1 is 1.37 bits per heavy atom. The number of halogens is 3.